The van der Waals surface area contributed by atoms with Gasteiger partial charge in [-0.15, -0.1) is 24.0 Å². The van der Waals surface area contributed by atoms with E-state index in [1.54, 1.807) is 25.1 Å². The number of imide groups is 1. The van der Waals surface area contributed by atoms with E-state index in [-0.39, 0.29) is 65.3 Å². The first-order valence-corrected chi connectivity index (χ1v) is 11.4. The molecule has 3 aliphatic rings. The molecule has 0 spiro atoms. The van der Waals surface area contributed by atoms with Gasteiger partial charge in [-0.2, -0.15) is 0 Å². The Hall–Kier alpha value is -2.17. The highest BCUT2D eigenvalue weighted by atomic mass is 127. The molecule has 1 aromatic carbocycles. The molecule has 2 bridgehead atoms. The van der Waals surface area contributed by atoms with Crippen LogP contribution >= 0.6 is 24.0 Å². The molecule has 0 aromatic heterocycles. The van der Waals surface area contributed by atoms with Crippen molar-refractivity contribution >= 4 is 47.4 Å². The third-order valence-electron chi connectivity index (χ3n) is 6.67. The smallest absolute Gasteiger partial charge is 0.233 e. The number of likely N-dealkylation sites (tertiary alicyclic amines) is 1. The van der Waals surface area contributed by atoms with Crippen molar-refractivity contribution in [2.75, 3.05) is 38.6 Å². The first-order valence-electron chi connectivity index (χ1n) is 11.4. The first kappa shape index (κ1) is 25.5. The van der Waals surface area contributed by atoms with Gasteiger partial charge in [0.15, 0.2) is 5.96 Å². The summed E-state index contributed by atoms with van der Waals surface area (Å²) in [4.78, 5) is 33.2. The predicted molar refractivity (Wildman–Crippen MR) is 138 cm³/mol. The van der Waals surface area contributed by atoms with Crippen LogP contribution in [0.4, 0.5) is 10.1 Å². The second kappa shape index (κ2) is 10.8. The highest BCUT2D eigenvalue weighted by Gasteiger charge is 2.58. The molecule has 1 heterocycles. The highest BCUT2D eigenvalue weighted by molar-refractivity contribution is 14.0. The van der Waals surface area contributed by atoms with Gasteiger partial charge in [0, 0.05) is 33.7 Å². The molecule has 1 aromatic rings. The molecule has 4 rings (SSSR count). The number of carbonyl (C=O) groups excluding carboxylic acids is 2. The largest absolute Gasteiger partial charge is 0.375 e. The summed E-state index contributed by atoms with van der Waals surface area (Å²) in [5, 5.41) is 6.42. The Bertz CT molecular complexity index is 921. The molecular formula is C24H33FIN5O2. The molecule has 180 valence electrons. The van der Waals surface area contributed by atoms with Crippen LogP contribution in [-0.2, 0) is 16.1 Å². The lowest BCUT2D eigenvalue weighted by Gasteiger charge is -2.18. The van der Waals surface area contributed by atoms with E-state index in [0.29, 0.717) is 44.2 Å². The zero-order valence-corrected chi connectivity index (χ0v) is 21.7. The molecular weight excluding hydrogens is 536 g/mol. The number of nitrogens with zero attached hydrogens (tertiary/aromatic N) is 3. The second-order valence-corrected chi connectivity index (χ2v) is 8.98. The molecule has 7 nitrogen and oxygen atoms in total. The van der Waals surface area contributed by atoms with E-state index in [4.69, 9.17) is 0 Å². The fraction of sp³-hybridized carbons (Fsp3) is 0.542. The van der Waals surface area contributed by atoms with E-state index < -0.39 is 0 Å². The second-order valence-electron chi connectivity index (χ2n) is 8.98. The molecule has 4 atom stereocenters. The Morgan fingerprint density at radius 1 is 1.15 bits per heavy atom. The van der Waals surface area contributed by atoms with Gasteiger partial charge in [-0.25, -0.2) is 9.38 Å². The van der Waals surface area contributed by atoms with Crippen molar-refractivity contribution in [3.63, 3.8) is 0 Å². The molecule has 1 aliphatic heterocycles. The lowest BCUT2D eigenvalue weighted by atomic mass is 9.85. The minimum atomic E-state index is -0.269. The van der Waals surface area contributed by atoms with Crippen molar-refractivity contribution < 1.29 is 14.0 Å². The topological polar surface area (TPSA) is 77.0 Å². The SMILES string of the molecule is CCNC(=NCc1ccc(N(C)C)c(F)c1)NCCCN1C(=O)C2C3C=CC(C3)C2C1=O.I. The van der Waals surface area contributed by atoms with Gasteiger partial charge in [-0.1, -0.05) is 18.2 Å². The van der Waals surface area contributed by atoms with Gasteiger partial charge in [-0.3, -0.25) is 14.5 Å². The summed E-state index contributed by atoms with van der Waals surface area (Å²) < 4.78 is 14.2. The molecule has 0 radical (unpaired) electrons. The Labute approximate surface area is 211 Å². The van der Waals surface area contributed by atoms with E-state index in [1.165, 1.54) is 11.0 Å². The number of fused-ring (bicyclic) bond motifs is 5. The molecule has 9 heteroatoms. The number of aliphatic imine (C=N–C) groups is 1. The van der Waals surface area contributed by atoms with Crippen molar-refractivity contribution in [3.05, 3.63) is 41.7 Å². The van der Waals surface area contributed by atoms with Gasteiger partial charge in [0.1, 0.15) is 5.82 Å². The minimum absolute atomic E-state index is 0. The molecule has 1 saturated heterocycles. The van der Waals surface area contributed by atoms with Crippen LogP contribution < -0.4 is 15.5 Å². The minimum Gasteiger partial charge on any atom is -0.375 e. The van der Waals surface area contributed by atoms with Crippen molar-refractivity contribution in [2.45, 2.75) is 26.3 Å². The Kier molecular flexibility index (Phi) is 8.36. The van der Waals surface area contributed by atoms with E-state index in [1.807, 2.05) is 13.0 Å². The van der Waals surface area contributed by atoms with Gasteiger partial charge in [0.05, 0.1) is 24.1 Å². The van der Waals surface area contributed by atoms with E-state index >= 15 is 0 Å². The highest BCUT2D eigenvalue weighted by Crippen LogP contribution is 2.52. The third-order valence-corrected chi connectivity index (χ3v) is 6.67. The standard InChI is InChI=1S/C24H32FN5O2.HI/c1-4-26-24(28-14-15-6-9-19(29(2)3)18(25)12-15)27-10-5-11-30-22(31)20-16-7-8-17(13-16)21(20)23(30)32;/h6-9,12,16-17,20-21H,4-5,10-11,13-14H2,1-3H3,(H2,26,27,28);1H. The number of allylic oxidation sites excluding steroid dienone is 2. The van der Waals surface area contributed by atoms with Crippen LogP contribution in [0, 0.1) is 29.5 Å². The third kappa shape index (κ3) is 5.17. The Morgan fingerprint density at radius 2 is 1.82 bits per heavy atom. The van der Waals surface area contributed by atoms with Crippen LogP contribution in [0.25, 0.3) is 0 Å². The monoisotopic (exact) mass is 569 g/mol. The van der Waals surface area contributed by atoms with Gasteiger partial charge >= 0.3 is 0 Å². The number of guanidine groups is 1. The lowest BCUT2D eigenvalue weighted by molar-refractivity contribution is -0.140. The van der Waals surface area contributed by atoms with Crippen molar-refractivity contribution in [3.8, 4) is 0 Å². The summed E-state index contributed by atoms with van der Waals surface area (Å²) in [5.74, 6) is 0.577. The van der Waals surface area contributed by atoms with Crippen LogP contribution in [-0.4, -0.2) is 56.4 Å². The first-order chi connectivity index (χ1) is 15.4. The van der Waals surface area contributed by atoms with Crippen LogP contribution in [0.3, 0.4) is 0 Å². The van der Waals surface area contributed by atoms with Crippen molar-refractivity contribution in [1.82, 2.24) is 15.5 Å². The summed E-state index contributed by atoms with van der Waals surface area (Å²) in [6, 6.07) is 5.13. The normalized spacial score (nSPS) is 25.3. The number of carbonyl (C=O) groups is 2. The number of halogens is 2. The molecule has 33 heavy (non-hydrogen) atoms. The van der Waals surface area contributed by atoms with Crippen molar-refractivity contribution in [2.24, 2.45) is 28.7 Å². The van der Waals surface area contributed by atoms with E-state index in [2.05, 4.69) is 27.8 Å². The zero-order valence-electron chi connectivity index (χ0n) is 19.4. The van der Waals surface area contributed by atoms with Gasteiger partial charge in [-0.05, 0) is 49.3 Å². The number of hydrogen-bond acceptors (Lipinski definition) is 4. The van der Waals surface area contributed by atoms with Crippen LogP contribution in [0.2, 0.25) is 0 Å². The average Bonchev–Trinajstić information content (AvgIpc) is 3.44. The molecule has 2 amide bonds. The predicted octanol–water partition coefficient (Wildman–Crippen LogP) is 2.76. The molecule has 2 N–H and O–H groups in total. The Morgan fingerprint density at radius 3 is 2.39 bits per heavy atom. The summed E-state index contributed by atoms with van der Waals surface area (Å²) >= 11 is 0. The average molecular weight is 569 g/mol. The fourth-order valence-corrected chi connectivity index (χ4v) is 5.15. The number of nitrogens with one attached hydrogen (secondary N) is 2. The number of anilines is 1. The number of rotatable bonds is 8. The molecule has 2 fully saturated rings. The zero-order chi connectivity index (χ0) is 22.8. The maximum atomic E-state index is 14.2. The molecule has 2 aliphatic carbocycles. The van der Waals surface area contributed by atoms with Crippen molar-refractivity contribution in [1.29, 1.82) is 0 Å². The van der Waals surface area contributed by atoms with Gasteiger partial charge < -0.3 is 15.5 Å². The molecule has 4 unspecified atom stereocenters. The summed E-state index contributed by atoms with van der Waals surface area (Å²) in [7, 11) is 3.61. The summed E-state index contributed by atoms with van der Waals surface area (Å²) in [5.41, 5.74) is 1.33. The lowest BCUT2D eigenvalue weighted by Crippen LogP contribution is -2.40. The maximum Gasteiger partial charge on any atom is 0.233 e. The van der Waals surface area contributed by atoms with E-state index in [0.717, 1.165) is 12.0 Å². The maximum absolute atomic E-state index is 14.2. The number of amides is 2. The van der Waals surface area contributed by atoms with Crippen LogP contribution in [0.1, 0.15) is 25.3 Å². The fourth-order valence-electron chi connectivity index (χ4n) is 5.15. The van der Waals surface area contributed by atoms with Crippen LogP contribution in [0.15, 0.2) is 35.3 Å². The van der Waals surface area contributed by atoms with E-state index in [9.17, 15) is 14.0 Å². The summed E-state index contributed by atoms with van der Waals surface area (Å²) in [6.45, 7) is 4.03. The number of benzene rings is 1. The van der Waals surface area contributed by atoms with Gasteiger partial charge in [0.2, 0.25) is 11.8 Å². The summed E-state index contributed by atoms with van der Waals surface area (Å²) in [6.07, 6.45) is 5.82. The van der Waals surface area contributed by atoms with Crippen LogP contribution in [0.5, 0.6) is 0 Å². The molecule has 1 saturated carbocycles. The number of hydrogen-bond donors (Lipinski definition) is 2. The van der Waals surface area contributed by atoms with Gasteiger partial charge in [0.25, 0.3) is 0 Å². The Balaban J connectivity index is 0.00000306. The quantitative estimate of drug-likeness (QED) is 0.126.